The Bertz CT molecular complexity index is 182. The van der Waals surface area contributed by atoms with Crippen LogP contribution in [0, 0.1) is 0 Å². The van der Waals surface area contributed by atoms with Crippen molar-refractivity contribution in [1.82, 2.24) is 0 Å². The van der Waals surface area contributed by atoms with E-state index in [2.05, 4.69) is 14.7 Å². The van der Waals surface area contributed by atoms with Crippen molar-refractivity contribution in [1.29, 1.82) is 0 Å². The fraction of sp³-hybridized carbons (Fsp3) is 0.667. The molecule has 0 heterocycles. The van der Waals surface area contributed by atoms with Crippen LogP contribution in [0.25, 0.3) is 0 Å². The molecule has 0 aromatic carbocycles. The zero-order valence-corrected chi connectivity index (χ0v) is 8.22. The zero-order valence-electron chi connectivity index (χ0n) is 6.71. The zero-order chi connectivity index (χ0) is 9.56. The number of oxime groups is 1. The van der Waals surface area contributed by atoms with Gasteiger partial charge in [0.1, 0.15) is 4.84 Å². The lowest BCUT2D eigenvalue weighted by atomic mass is 10.5. The number of hydrogen-bond acceptors (Lipinski definition) is 4. The van der Waals surface area contributed by atoms with Gasteiger partial charge in [-0.05, 0) is 13.8 Å². The van der Waals surface area contributed by atoms with Crippen LogP contribution in [0.3, 0.4) is 0 Å². The van der Waals surface area contributed by atoms with Crippen LogP contribution in [0.5, 0.6) is 0 Å². The Kier molecular flexibility index (Phi) is 5.84. The Labute approximate surface area is 80.4 Å². The average Bonchev–Trinajstić information content (AvgIpc) is 2.00. The maximum Gasteiger partial charge on any atom is 0.535 e. The van der Waals surface area contributed by atoms with Gasteiger partial charge in [0.25, 0.3) is 0 Å². The minimum absolute atomic E-state index is 0.235. The minimum Gasteiger partial charge on any atom is -0.433 e. The highest BCUT2D eigenvalue weighted by Gasteiger charge is 2.06. The van der Waals surface area contributed by atoms with E-state index in [4.69, 9.17) is 23.2 Å². The maximum absolute atomic E-state index is 10.5. The first-order valence-corrected chi connectivity index (χ1v) is 4.11. The molecule has 0 aliphatic carbocycles. The van der Waals surface area contributed by atoms with Crippen LogP contribution in [-0.2, 0) is 9.57 Å². The molecule has 0 atom stereocenters. The fourth-order valence-electron chi connectivity index (χ4n) is 0.293. The van der Waals surface area contributed by atoms with Gasteiger partial charge in [0, 0.05) is 0 Å². The molecule has 0 saturated heterocycles. The van der Waals surface area contributed by atoms with E-state index in [-0.39, 0.29) is 6.61 Å². The Morgan fingerprint density at radius 3 is 2.58 bits per heavy atom. The number of rotatable bonds is 3. The normalized spacial score (nSPS) is 11.6. The Morgan fingerprint density at radius 2 is 2.17 bits per heavy atom. The second-order valence-electron chi connectivity index (χ2n) is 1.81. The maximum atomic E-state index is 10.5. The second-order valence-corrected chi connectivity index (χ2v) is 2.90. The van der Waals surface area contributed by atoms with Gasteiger partial charge in [-0.25, -0.2) is 4.79 Å². The van der Waals surface area contributed by atoms with Gasteiger partial charge in [-0.3, -0.25) is 4.84 Å². The molecule has 0 rings (SSSR count). The second kappa shape index (κ2) is 6.08. The van der Waals surface area contributed by atoms with Crippen molar-refractivity contribution in [3.8, 4) is 0 Å². The van der Waals surface area contributed by atoms with Crippen molar-refractivity contribution in [3.63, 3.8) is 0 Å². The van der Waals surface area contributed by atoms with Crippen LogP contribution in [0.4, 0.5) is 4.79 Å². The topological polar surface area (TPSA) is 47.9 Å². The first-order valence-electron chi connectivity index (χ1n) is 3.24. The third-order valence-corrected chi connectivity index (χ3v) is 1.47. The summed E-state index contributed by atoms with van der Waals surface area (Å²) in [6.45, 7) is 3.42. The average molecular weight is 214 g/mol. The van der Waals surface area contributed by atoms with Crippen LogP contribution < -0.4 is 0 Å². The predicted octanol–water partition coefficient (Wildman–Crippen LogP) is 2.34. The molecule has 0 unspecified atom stereocenters. The summed E-state index contributed by atoms with van der Waals surface area (Å²) in [6.07, 6.45) is -0.870. The van der Waals surface area contributed by atoms with Crippen LogP contribution in [0.15, 0.2) is 5.16 Å². The lowest BCUT2D eigenvalue weighted by Crippen LogP contribution is -2.08. The van der Waals surface area contributed by atoms with E-state index < -0.39 is 11.0 Å². The Morgan fingerprint density at radius 1 is 1.58 bits per heavy atom. The van der Waals surface area contributed by atoms with Crippen LogP contribution >= 0.6 is 23.2 Å². The smallest absolute Gasteiger partial charge is 0.433 e. The summed E-state index contributed by atoms with van der Waals surface area (Å²) in [7, 11) is 0. The molecule has 0 N–H and O–H groups in total. The first kappa shape index (κ1) is 11.5. The standard InChI is InChI=1S/C6H9Cl2NO3/c1-3-11-6(10)12-9-4(2)5(7)8/h5H,3H2,1-2H3/b9-4+. The molecule has 0 aliphatic heterocycles. The molecule has 0 saturated carbocycles. The van der Waals surface area contributed by atoms with Crippen molar-refractivity contribution in [2.24, 2.45) is 5.16 Å². The quantitative estimate of drug-likeness (QED) is 0.238. The van der Waals surface area contributed by atoms with Crippen molar-refractivity contribution >= 4 is 35.1 Å². The molecule has 12 heavy (non-hydrogen) atoms. The summed E-state index contributed by atoms with van der Waals surface area (Å²) in [4.78, 5) is 14.0. The molecular formula is C6H9Cl2NO3. The van der Waals surface area contributed by atoms with E-state index in [0.717, 1.165) is 0 Å². The highest BCUT2D eigenvalue weighted by atomic mass is 35.5. The molecule has 0 radical (unpaired) electrons. The molecular weight excluding hydrogens is 205 g/mol. The molecule has 0 fully saturated rings. The lowest BCUT2D eigenvalue weighted by Gasteiger charge is -1.99. The van der Waals surface area contributed by atoms with E-state index in [9.17, 15) is 4.79 Å². The van der Waals surface area contributed by atoms with Gasteiger partial charge in [-0.1, -0.05) is 28.4 Å². The van der Waals surface area contributed by atoms with Gasteiger partial charge in [0.05, 0.1) is 12.3 Å². The first-order chi connectivity index (χ1) is 5.57. The predicted molar refractivity (Wildman–Crippen MR) is 46.7 cm³/mol. The number of carbonyl (C=O) groups excluding carboxylic acids is 1. The van der Waals surface area contributed by atoms with Crippen molar-refractivity contribution < 1.29 is 14.4 Å². The molecule has 0 aliphatic rings. The fourth-order valence-corrected chi connectivity index (χ4v) is 0.373. The van der Waals surface area contributed by atoms with Gasteiger partial charge in [-0.2, -0.15) is 0 Å². The van der Waals surface area contributed by atoms with Crippen LogP contribution in [-0.4, -0.2) is 23.3 Å². The summed E-state index contributed by atoms with van der Waals surface area (Å²) in [6, 6.07) is 0. The summed E-state index contributed by atoms with van der Waals surface area (Å²) >= 11 is 10.8. The van der Waals surface area contributed by atoms with Gasteiger partial charge < -0.3 is 4.74 Å². The van der Waals surface area contributed by atoms with Gasteiger partial charge >= 0.3 is 6.16 Å². The monoisotopic (exact) mass is 213 g/mol. The molecule has 4 nitrogen and oxygen atoms in total. The summed E-state index contributed by atoms with van der Waals surface area (Å²) in [5.74, 6) is 0. The highest BCUT2D eigenvalue weighted by Crippen LogP contribution is 2.04. The minimum atomic E-state index is -0.870. The molecule has 70 valence electrons. The van der Waals surface area contributed by atoms with E-state index in [1.807, 2.05) is 0 Å². The summed E-state index contributed by atoms with van der Waals surface area (Å²) < 4.78 is 4.42. The van der Waals surface area contributed by atoms with E-state index in [1.165, 1.54) is 6.92 Å². The molecule has 0 spiro atoms. The van der Waals surface area contributed by atoms with Gasteiger partial charge in [0.15, 0.2) is 0 Å². The van der Waals surface area contributed by atoms with Crippen molar-refractivity contribution in [2.75, 3.05) is 6.61 Å². The largest absolute Gasteiger partial charge is 0.535 e. The van der Waals surface area contributed by atoms with E-state index >= 15 is 0 Å². The van der Waals surface area contributed by atoms with Gasteiger partial charge in [-0.15, -0.1) is 0 Å². The third kappa shape index (κ3) is 5.21. The van der Waals surface area contributed by atoms with Crippen molar-refractivity contribution in [2.45, 2.75) is 18.7 Å². The van der Waals surface area contributed by atoms with Crippen molar-refractivity contribution in [3.05, 3.63) is 0 Å². The van der Waals surface area contributed by atoms with Crippen LogP contribution in [0.2, 0.25) is 0 Å². The molecule has 0 bridgehead atoms. The molecule has 0 amide bonds. The van der Waals surface area contributed by atoms with Crippen LogP contribution in [0.1, 0.15) is 13.8 Å². The number of alkyl halides is 2. The Balaban J connectivity index is 3.79. The molecule has 0 aromatic rings. The third-order valence-electron chi connectivity index (χ3n) is 0.842. The molecule has 6 heteroatoms. The number of nitrogens with zero attached hydrogens (tertiary/aromatic N) is 1. The summed E-state index contributed by atoms with van der Waals surface area (Å²) in [5, 5.41) is 3.32. The molecule has 0 aromatic heterocycles. The number of ether oxygens (including phenoxy) is 1. The highest BCUT2D eigenvalue weighted by molar-refractivity contribution is 6.54. The van der Waals surface area contributed by atoms with Gasteiger partial charge in [0.2, 0.25) is 0 Å². The van der Waals surface area contributed by atoms with E-state index in [1.54, 1.807) is 6.92 Å². The lowest BCUT2D eigenvalue weighted by molar-refractivity contribution is 0.0612. The Hall–Kier alpha value is -0.480. The van der Waals surface area contributed by atoms with E-state index in [0.29, 0.717) is 5.71 Å². The number of halogens is 2. The number of hydrogen-bond donors (Lipinski definition) is 0. The summed E-state index contributed by atoms with van der Waals surface area (Å²) in [5.41, 5.74) is 0.298. The SMILES string of the molecule is CCOC(=O)O/N=C(\C)C(Cl)Cl. The number of carbonyl (C=O) groups is 1.